The first kappa shape index (κ1) is 19.9. The van der Waals surface area contributed by atoms with Crippen LogP contribution >= 0.6 is 0 Å². The maximum atomic E-state index is 11.8. The lowest BCUT2D eigenvalue weighted by molar-refractivity contribution is -0.120. The molecule has 1 heterocycles. The average molecular weight is 369 g/mol. The maximum Gasteiger partial charge on any atom is 0.259 e. The Bertz CT molecular complexity index is 804. The van der Waals surface area contributed by atoms with Gasteiger partial charge in [0.1, 0.15) is 5.75 Å². The summed E-state index contributed by atoms with van der Waals surface area (Å²) in [4.78, 5) is 29.5. The van der Waals surface area contributed by atoms with Crippen LogP contribution in [0.1, 0.15) is 29.8 Å². The van der Waals surface area contributed by atoms with E-state index in [0.717, 1.165) is 18.8 Å². The molecule has 3 N–H and O–H groups in total. The fourth-order valence-electron chi connectivity index (χ4n) is 2.41. The Morgan fingerprint density at radius 3 is 2.52 bits per heavy atom. The van der Waals surface area contributed by atoms with Gasteiger partial charge in [0.15, 0.2) is 0 Å². The van der Waals surface area contributed by atoms with Gasteiger partial charge in [-0.3, -0.25) is 14.6 Å². The number of phenols is 1. The van der Waals surface area contributed by atoms with Crippen LogP contribution in [0.2, 0.25) is 0 Å². The number of carbonyl (C=O) groups excluding carboxylic acids is 2. The van der Waals surface area contributed by atoms with Gasteiger partial charge in [-0.05, 0) is 38.1 Å². The number of aromatic hydroxyl groups is 1. The Labute approximate surface area is 157 Å². The zero-order chi connectivity index (χ0) is 19.6. The van der Waals surface area contributed by atoms with E-state index < -0.39 is 5.91 Å². The predicted octanol–water partition coefficient (Wildman–Crippen LogP) is 1.51. The van der Waals surface area contributed by atoms with Crippen LogP contribution in [0.25, 0.3) is 0 Å². The van der Waals surface area contributed by atoms with Crippen molar-refractivity contribution in [3.8, 4) is 5.75 Å². The highest BCUT2D eigenvalue weighted by molar-refractivity contribution is 5.96. The van der Waals surface area contributed by atoms with E-state index in [1.807, 2.05) is 19.9 Å². The van der Waals surface area contributed by atoms with Gasteiger partial charge in [-0.15, -0.1) is 0 Å². The Morgan fingerprint density at radius 2 is 1.89 bits per heavy atom. The van der Waals surface area contributed by atoms with Gasteiger partial charge in [0.2, 0.25) is 0 Å². The molecule has 142 valence electrons. The van der Waals surface area contributed by atoms with Crippen LogP contribution in [-0.2, 0) is 4.79 Å². The SMILES string of the molecule is CCN(CC)c1ccc(C=NNC(=O)CNC(=O)c2ccncc2)c(O)c1. The Morgan fingerprint density at radius 1 is 1.19 bits per heavy atom. The molecule has 0 aliphatic heterocycles. The van der Waals surface area contributed by atoms with Crippen LogP contribution in [0, 0.1) is 0 Å². The van der Waals surface area contributed by atoms with Crippen molar-refractivity contribution in [2.75, 3.05) is 24.5 Å². The minimum Gasteiger partial charge on any atom is -0.507 e. The second-order valence-corrected chi connectivity index (χ2v) is 5.63. The number of amides is 2. The molecule has 1 aromatic carbocycles. The van der Waals surface area contributed by atoms with Gasteiger partial charge in [-0.25, -0.2) is 5.43 Å². The number of hydrogen-bond donors (Lipinski definition) is 3. The molecule has 0 fully saturated rings. The van der Waals surface area contributed by atoms with Gasteiger partial charge in [-0.2, -0.15) is 5.10 Å². The number of benzene rings is 1. The van der Waals surface area contributed by atoms with E-state index in [4.69, 9.17) is 0 Å². The molecule has 0 saturated heterocycles. The molecular weight excluding hydrogens is 346 g/mol. The van der Waals surface area contributed by atoms with Gasteiger partial charge in [-0.1, -0.05) is 0 Å². The molecule has 0 atom stereocenters. The molecule has 2 rings (SSSR count). The summed E-state index contributed by atoms with van der Waals surface area (Å²) in [6.45, 7) is 5.54. The van der Waals surface area contributed by atoms with Gasteiger partial charge >= 0.3 is 0 Å². The van der Waals surface area contributed by atoms with Crippen molar-refractivity contribution in [1.82, 2.24) is 15.7 Å². The van der Waals surface area contributed by atoms with Crippen molar-refractivity contribution in [2.24, 2.45) is 5.10 Å². The van der Waals surface area contributed by atoms with Gasteiger partial charge in [0, 0.05) is 48.4 Å². The largest absolute Gasteiger partial charge is 0.507 e. The minimum absolute atomic E-state index is 0.0726. The Balaban J connectivity index is 1.86. The topological polar surface area (TPSA) is 107 Å². The van der Waals surface area contributed by atoms with Crippen molar-refractivity contribution >= 4 is 23.7 Å². The van der Waals surface area contributed by atoms with E-state index in [1.165, 1.54) is 18.6 Å². The highest BCUT2D eigenvalue weighted by Crippen LogP contribution is 2.23. The summed E-state index contributed by atoms with van der Waals surface area (Å²) in [5.41, 5.74) is 4.12. The number of phenolic OH excluding ortho intramolecular Hbond substituents is 1. The van der Waals surface area contributed by atoms with Crippen molar-refractivity contribution in [3.63, 3.8) is 0 Å². The molecule has 1 aromatic heterocycles. The van der Waals surface area contributed by atoms with Crippen LogP contribution < -0.4 is 15.6 Å². The molecule has 2 aromatic rings. The third-order valence-corrected chi connectivity index (χ3v) is 3.89. The molecule has 0 saturated carbocycles. The van der Waals surface area contributed by atoms with Crippen molar-refractivity contribution in [2.45, 2.75) is 13.8 Å². The van der Waals surface area contributed by atoms with Crippen molar-refractivity contribution in [3.05, 3.63) is 53.9 Å². The van der Waals surface area contributed by atoms with Crippen LogP contribution in [0.3, 0.4) is 0 Å². The molecule has 0 aliphatic carbocycles. The number of pyridine rings is 1. The van der Waals surface area contributed by atoms with Crippen LogP contribution in [0.15, 0.2) is 47.8 Å². The summed E-state index contributed by atoms with van der Waals surface area (Å²) in [5, 5.41) is 16.4. The van der Waals surface area contributed by atoms with Crippen LogP contribution in [-0.4, -0.2) is 47.8 Å². The Kier molecular flexibility index (Phi) is 7.30. The maximum absolute atomic E-state index is 11.8. The summed E-state index contributed by atoms with van der Waals surface area (Å²) in [6, 6.07) is 8.37. The standard InChI is InChI=1S/C19H23N5O3/c1-3-24(4-2)16-6-5-15(17(25)11-16)12-22-23-18(26)13-21-19(27)14-7-9-20-10-8-14/h5-12,25H,3-4,13H2,1-2H3,(H,21,27)(H,23,26). The Hall–Kier alpha value is -3.42. The first-order valence-corrected chi connectivity index (χ1v) is 8.63. The number of nitrogens with zero attached hydrogens (tertiary/aromatic N) is 3. The number of nitrogens with one attached hydrogen (secondary N) is 2. The summed E-state index contributed by atoms with van der Waals surface area (Å²) in [6.07, 6.45) is 4.35. The monoisotopic (exact) mass is 369 g/mol. The molecule has 0 spiro atoms. The van der Waals surface area contributed by atoms with E-state index in [0.29, 0.717) is 11.1 Å². The first-order chi connectivity index (χ1) is 13.0. The van der Waals surface area contributed by atoms with Gasteiger partial charge in [0.05, 0.1) is 12.8 Å². The van der Waals surface area contributed by atoms with Crippen molar-refractivity contribution < 1.29 is 14.7 Å². The molecule has 0 aliphatic rings. The zero-order valence-electron chi connectivity index (χ0n) is 15.3. The molecule has 0 unspecified atom stereocenters. The van der Waals surface area contributed by atoms with E-state index in [2.05, 4.69) is 25.7 Å². The smallest absolute Gasteiger partial charge is 0.259 e. The number of hydrazone groups is 1. The van der Waals surface area contributed by atoms with E-state index >= 15 is 0 Å². The summed E-state index contributed by atoms with van der Waals surface area (Å²) in [7, 11) is 0. The molecule has 0 bridgehead atoms. The molecular formula is C19H23N5O3. The minimum atomic E-state index is -0.479. The quantitative estimate of drug-likeness (QED) is 0.483. The second kappa shape index (κ2) is 9.91. The van der Waals surface area contributed by atoms with E-state index in [9.17, 15) is 14.7 Å². The highest BCUT2D eigenvalue weighted by Gasteiger charge is 2.08. The molecule has 2 amide bonds. The fourth-order valence-corrected chi connectivity index (χ4v) is 2.41. The fraction of sp³-hybridized carbons (Fsp3) is 0.263. The molecule has 0 radical (unpaired) electrons. The number of carbonyl (C=O) groups is 2. The van der Waals surface area contributed by atoms with Gasteiger partial charge < -0.3 is 15.3 Å². The lowest BCUT2D eigenvalue weighted by Gasteiger charge is -2.21. The molecule has 27 heavy (non-hydrogen) atoms. The summed E-state index contributed by atoms with van der Waals surface area (Å²) in [5.74, 6) is -0.780. The summed E-state index contributed by atoms with van der Waals surface area (Å²) >= 11 is 0. The average Bonchev–Trinajstić information content (AvgIpc) is 2.69. The zero-order valence-corrected chi connectivity index (χ0v) is 15.3. The first-order valence-electron chi connectivity index (χ1n) is 8.63. The van der Waals surface area contributed by atoms with Gasteiger partial charge in [0.25, 0.3) is 11.8 Å². The number of anilines is 1. The van der Waals surface area contributed by atoms with Crippen LogP contribution in [0.5, 0.6) is 5.75 Å². The second-order valence-electron chi connectivity index (χ2n) is 5.63. The number of aromatic nitrogens is 1. The number of rotatable bonds is 8. The predicted molar refractivity (Wildman–Crippen MR) is 104 cm³/mol. The normalized spacial score (nSPS) is 10.6. The summed E-state index contributed by atoms with van der Waals surface area (Å²) < 4.78 is 0. The molecule has 8 heteroatoms. The lowest BCUT2D eigenvalue weighted by atomic mass is 10.2. The van der Waals surface area contributed by atoms with Crippen LogP contribution in [0.4, 0.5) is 5.69 Å². The third kappa shape index (κ3) is 5.81. The van der Waals surface area contributed by atoms with Crippen molar-refractivity contribution in [1.29, 1.82) is 0 Å². The number of hydrogen-bond acceptors (Lipinski definition) is 6. The highest BCUT2D eigenvalue weighted by atomic mass is 16.3. The third-order valence-electron chi connectivity index (χ3n) is 3.89. The molecule has 8 nitrogen and oxygen atoms in total. The lowest BCUT2D eigenvalue weighted by Crippen LogP contribution is -2.34. The van der Waals surface area contributed by atoms with E-state index in [1.54, 1.807) is 24.3 Å². The van der Waals surface area contributed by atoms with E-state index in [-0.39, 0.29) is 18.2 Å².